The van der Waals surface area contributed by atoms with Gasteiger partial charge in [0.1, 0.15) is 12.0 Å². The first-order valence-corrected chi connectivity index (χ1v) is 5.61. The Labute approximate surface area is 94.2 Å². The minimum absolute atomic E-state index is 0.203. The molecule has 2 bridgehead atoms. The van der Waals surface area contributed by atoms with E-state index in [4.69, 9.17) is 5.73 Å². The Kier molecular flexibility index (Phi) is 1.99. The predicted molar refractivity (Wildman–Crippen MR) is 56.1 cm³/mol. The van der Waals surface area contributed by atoms with Gasteiger partial charge in [0.25, 0.3) is 0 Å². The van der Waals surface area contributed by atoms with Gasteiger partial charge in [0.2, 0.25) is 5.54 Å². The Hall–Kier alpha value is -1.07. The van der Waals surface area contributed by atoms with Gasteiger partial charge in [0.15, 0.2) is 5.78 Å². The van der Waals surface area contributed by atoms with Gasteiger partial charge in [0.05, 0.1) is 6.54 Å². The number of carbonyl (C=O) groups excluding carboxylic acids is 3. The van der Waals surface area contributed by atoms with E-state index in [-0.39, 0.29) is 16.8 Å². The van der Waals surface area contributed by atoms with Crippen LogP contribution in [-0.2, 0) is 14.4 Å². The Morgan fingerprint density at radius 1 is 1.31 bits per heavy atom. The Morgan fingerprint density at radius 3 is 2.31 bits per heavy atom. The Morgan fingerprint density at radius 2 is 1.88 bits per heavy atom. The molecular formula is C11H17N2O3+. The monoisotopic (exact) mass is 225 g/mol. The topological polar surface area (TPSA) is 77.2 Å². The van der Waals surface area contributed by atoms with Crippen LogP contribution in [0.15, 0.2) is 0 Å². The lowest BCUT2D eigenvalue weighted by atomic mass is 9.57. The number of ketones is 1. The van der Waals surface area contributed by atoms with E-state index < -0.39 is 22.8 Å². The SMILES string of the molecule is CCC1(C)[C@]2(N)C(=O)CC(=O)[N+]1(CC)C2=O. The molecule has 16 heavy (non-hydrogen) atoms. The van der Waals surface area contributed by atoms with Gasteiger partial charge < -0.3 is 5.73 Å². The van der Waals surface area contributed by atoms with Crippen molar-refractivity contribution in [3.05, 3.63) is 0 Å². The fourth-order valence-electron chi connectivity index (χ4n) is 3.44. The number of imide groups is 1. The van der Waals surface area contributed by atoms with E-state index in [0.717, 1.165) is 0 Å². The molecule has 2 unspecified atom stereocenters. The zero-order chi connectivity index (χ0) is 12.4. The largest absolute Gasteiger partial charge is 0.355 e. The second kappa shape index (κ2) is 2.78. The van der Waals surface area contributed by atoms with Crippen LogP contribution in [-0.4, -0.2) is 39.7 Å². The van der Waals surface area contributed by atoms with Gasteiger partial charge in [0, 0.05) is 6.42 Å². The average molecular weight is 225 g/mol. The lowest BCUT2D eigenvalue weighted by molar-refractivity contribution is -0.873. The number of hydrogen-bond donors (Lipinski definition) is 1. The second-order valence-electron chi connectivity index (χ2n) is 4.86. The summed E-state index contributed by atoms with van der Waals surface area (Å²) in [6.45, 7) is 5.81. The smallest absolute Gasteiger partial charge is 0.302 e. The third-order valence-electron chi connectivity index (χ3n) is 4.72. The first-order valence-electron chi connectivity index (χ1n) is 5.61. The van der Waals surface area contributed by atoms with Crippen LogP contribution in [0, 0.1) is 0 Å². The van der Waals surface area contributed by atoms with Gasteiger partial charge in [-0.15, -0.1) is 0 Å². The molecule has 3 rings (SSSR count). The van der Waals surface area contributed by atoms with Crippen LogP contribution >= 0.6 is 0 Å². The van der Waals surface area contributed by atoms with Gasteiger partial charge in [-0.2, -0.15) is 4.48 Å². The molecule has 3 saturated heterocycles. The summed E-state index contributed by atoms with van der Waals surface area (Å²) in [6.07, 6.45) is 0.340. The van der Waals surface area contributed by atoms with Crippen LogP contribution < -0.4 is 5.73 Å². The highest BCUT2D eigenvalue weighted by molar-refractivity contribution is 6.24. The van der Waals surface area contributed by atoms with Gasteiger partial charge in [-0.3, -0.25) is 4.79 Å². The van der Waals surface area contributed by atoms with E-state index in [1.54, 1.807) is 13.8 Å². The number of nitrogens with zero attached hydrogens (tertiary/aromatic N) is 1. The van der Waals surface area contributed by atoms with Crippen molar-refractivity contribution < 1.29 is 18.9 Å². The zero-order valence-electron chi connectivity index (χ0n) is 9.87. The molecule has 2 amide bonds. The summed E-state index contributed by atoms with van der Waals surface area (Å²) in [5.41, 5.74) is 3.78. The van der Waals surface area contributed by atoms with Gasteiger partial charge in [-0.05, 0) is 13.8 Å². The van der Waals surface area contributed by atoms with Gasteiger partial charge in [-0.25, -0.2) is 9.59 Å². The fourth-order valence-corrected chi connectivity index (χ4v) is 3.44. The summed E-state index contributed by atoms with van der Waals surface area (Å²) in [5.74, 6) is -1.13. The standard InChI is InChI=1S/C11H17N2O3/c1-4-10(3)11(12)7(14)6-8(15)13(10,5-2)9(11)16/h4-6,12H2,1-3H3/q+1/t10?,11-,13?/m0/s1. The molecule has 0 aromatic heterocycles. The summed E-state index contributed by atoms with van der Waals surface area (Å²) >= 11 is 0. The molecule has 3 atom stereocenters. The van der Waals surface area contributed by atoms with Crippen LogP contribution in [0.25, 0.3) is 0 Å². The highest BCUT2D eigenvalue weighted by Crippen LogP contribution is 2.53. The number of carbonyl (C=O) groups is 3. The predicted octanol–water partition coefficient (Wildman–Crippen LogP) is -0.271. The van der Waals surface area contributed by atoms with Crippen molar-refractivity contribution in [1.29, 1.82) is 0 Å². The molecule has 0 saturated carbocycles. The molecule has 0 radical (unpaired) electrons. The number of hydrogen-bond acceptors (Lipinski definition) is 4. The number of nitrogens with two attached hydrogens (primary N) is 1. The van der Waals surface area contributed by atoms with Crippen molar-refractivity contribution in [1.82, 2.24) is 0 Å². The highest BCUT2D eigenvalue weighted by atomic mass is 16.2. The van der Waals surface area contributed by atoms with E-state index in [2.05, 4.69) is 0 Å². The minimum atomic E-state index is -1.44. The van der Waals surface area contributed by atoms with Gasteiger partial charge >= 0.3 is 11.8 Å². The van der Waals surface area contributed by atoms with E-state index in [0.29, 0.717) is 13.0 Å². The Balaban J connectivity index is 2.67. The molecule has 88 valence electrons. The number of β-lactam (4-membered cyclic amide) rings is 1. The zero-order valence-corrected chi connectivity index (χ0v) is 9.87. The normalized spacial score (nSPS) is 46.9. The molecular weight excluding hydrogens is 208 g/mol. The number of quaternary nitrogens is 1. The lowest BCUT2D eigenvalue weighted by Crippen LogP contribution is -2.99. The number of Topliss-reactive ketones (excluding diaryl/α,β-unsaturated/α-hetero) is 1. The summed E-state index contributed by atoms with van der Waals surface area (Å²) in [4.78, 5) is 35.9. The first-order chi connectivity index (χ1) is 7.32. The second-order valence-corrected chi connectivity index (χ2v) is 4.86. The maximum atomic E-state index is 12.1. The number of amides is 2. The van der Waals surface area contributed by atoms with Crippen molar-refractivity contribution in [3.8, 4) is 0 Å². The third kappa shape index (κ3) is 0.709. The van der Waals surface area contributed by atoms with E-state index >= 15 is 0 Å². The molecule has 5 heteroatoms. The quantitative estimate of drug-likeness (QED) is 0.304. The van der Waals surface area contributed by atoms with Crippen molar-refractivity contribution in [2.45, 2.75) is 44.7 Å². The van der Waals surface area contributed by atoms with Crippen LogP contribution in [0.2, 0.25) is 0 Å². The summed E-state index contributed by atoms with van der Waals surface area (Å²) in [6, 6.07) is 0. The van der Waals surface area contributed by atoms with Crippen molar-refractivity contribution in [3.63, 3.8) is 0 Å². The average Bonchev–Trinajstić information content (AvgIpc) is 2.26. The van der Waals surface area contributed by atoms with E-state index in [9.17, 15) is 14.4 Å². The number of likely N-dealkylation sites (N-methyl/N-ethyl adjacent to an activating group) is 1. The van der Waals surface area contributed by atoms with Crippen molar-refractivity contribution in [2.24, 2.45) is 5.73 Å². The maximum Gasteiger partial charge on any atom is 0.355 e. The van der Waals surface area contributed by atoms with Crippen LogP contribution in [0.5, 0.6) is 0 Å². The summed E-state index contributed by atoms with van der Waals surface area (Å²) in [5, 5.41) is 0. The van der Waals surface area contributed by atoms with Crippen molar-refractivity contribution >= 4 is 17.6 Å². The van der Waals surface area contributed by atoms with Crippen LogP contribution in [0.3, 0.4) is 0 Å². The third-order valence-corrected chi connectivity index (χ3v) is 4.72. The number of rotatable bonds is 2. The summed E-state index contributed by atoms with van der Waals surface area (Å²) < 4.78 is -0.244. The fraction of sp³-hybridized carbons (Fsp3) is 0.727. The molecule has 5 nitrogen and oxygen atoms in total. The van der Waals surface area contributed by atoms with Gasteiger partial charge in [-0.1, -0.05) is 6.92 Å². The molecule has 3 aliphatic heterocycles. The number of fused-ring (bicyclic) bond motifs is 2. The Bertz CT molecular complexity index is 419. The highest BCUT2D eigenvalue weighted by Gasteiger charge is 2.87. The summed E-state index contributed by atoms with van der Waals surface area (Å²) in [7, 11) is 0. The molecule has 2 N–H and O–H groups in total. The molecule has 0 aromatic rings. The van der Waals surface area contributed by atoms with E-state index in [1.807, 2.05) is 6.92 Å². The molecule has 0 aromatic carbocycles. The molecule has 0 spiro atoms. The lowest BCUT2D eigenvalue weighted by Gasteiger charge is -2.65. The van der Waals surface area contributed by atoms with E-state index in [1.165, 1.54) is 0 Å². The molecule has 3 aliphatic rings. The molecule has 3 fully saturated rings. The first kappa shape index (κ1) is 11.4. The van der Waals surface area contributed by atoms with Crippen LogP contribution in [0.4, 0.5) is 0 Å². The molecule has 3 heterocycles. The van der Waals surface area contributed by atoms with Crippen LogP contribution in [0.1, 0.15) is 33.6 Å². The maximum absolute atomic E-state index is 12.1. The minimum Gasteiger partial charge on any atom is -0.302 e. The molecule has 0 aliphatic carbocycles. The van der Waals surface area contributed by atoms with Crippen molar-refractivity contribution in [2.75, 3.05) is 6.54 Å². The number of piperidine rings is 2.